The van der Waals surface area contributed by atoms with Gasteiger partial charge in [-0.1, -0.05) is 31.5 Å². The molecule has 1 amide bonds. The molecule has 1 aliphatic rings. The van der Waals surface area contributed by atoms with Gasteiger partial charge >= 0.3 is 0 Å². The molecule has 6 heteroatoms. The summed E-state index contributed by atoms with van der Waals surface area (Å²) in [6, 6.07) is 8.01. The Morgan fingerprint density at radius 2 is 2.12 bits per heavy atom. The van der Waals surface area contributed by atoms with E-state index in [1.165, 1.54) is 18.4 Å². The molecule has 0 radical (unpaired) electrons. The molecule has 0 aromatic heterocycles. The van der Waals surface area contributed by atoms with Crippen LogP contribution in [-0.4, -0.2) is 57.0 Å². The van der Waals surface area contributed by atoms with Crippen molar-refractivity contribution in [3.8, 4) is 0 Å². The van der Waals surface area contributed by atoms with Crippen molar-refractivity contribution in [2.45, 2.75) is 32.1 Å². The lowest BCUT2D eigenvalue weighted by atomic mass is 9.90. The number of para-hydroxylation sites is 1. The van der Waals surface area contributed by atoms with E-state index in [0.29, 0.717) is 13.0 Å². The van der Waals surface area contributed by atoms with Gasteiger partial charge in [0.1, 0.15) is 0 Å². The fourth-order valence-corrected chi connectivity index (χ4v) is 3.03. The van der Waals surface area contributed by atoms with Gasteiger partial charge in [0.2, 0.25) is 5.91 Å². The van der Waals surface area contributed by atoms with E-state index in [1.54, 1.807) is 7.05 Å². The number of carbonyl (C=O) groups excluding carboxylic acids is 1. The standard InChI is InChI=1S/C19H31N5O/c1-4-5-11-24(3)12-10-21-19(20-2)22-14-15-13-18(25)23-17-9-7-6-8-16(15)17/h6-9,15H,4-5,10-14H2,1-3H3,(H,23,25)(H2,20,21,22). The highest BCUT2D eigenvalue weighted by Gasteiger charge is 2.24. The number of hydrogen-bond acceptors (Lipinski definition) is 3. The highest BCUT2D eigenvalue weighted by Crippen LogP contribution is 2.31. The summed E-state index contributed by atoms with van der Waals surface area (Å²) in [5, 5.41) is 9.64. The van der Waals surface area contributed by atoms with Crippen LogP contribution in [-0.2, 0) is 4.79 Å². The van der Waals surface area contributed by atoms with Crippen LogP contribution < -0.4 is 16.0 Å². The van der Waals surface area contributed by atoms with Crippen molar-refractivity contribution in [3.63, 3.8) is 0 Å². The zero-order valence-electron chi connectivity index (χ0n) is 15.6. The molecule has 1 aliphatic heterocycles. The molecule has 0 saturated carbocycles. The monoisotopic (exact) mass is 345 g/mol. The lowest BCUT2D eigenvalue weighted by Crippen LogP contribution is -2.43. The average Bonchev–Trinajstić information content (AvgIpc) is 2.62. The lowest BCUT2D eigenvalue weighted by Gasteiger charge is -2.26. The van der Waals surface area contributed by atoms with E-state index >= 15 is 0 Å². The topological polar surface area (TPSA) is 68.8 Å². The summed E-state index contributed by atoms with van der Waals surface area (Å²) in [5.74, 6) is 1.02. The van der Waals surface area contributed by atoms with Gasteiger partial charge in [0, 0.05) is 44.7 Å². The Labute approximate surface area is 151 Å². The van der Waals surface area contributed by atoms with Gasteiger partial charge in [-0.25, -0.2) is 0 Å². The first-order valence-electron chi connectivity index (χ1n) is 9.15. The minimum Gasteiger partial charge on any atom is -0.356 e. The molecule has 1 unspecified atom stereocenters. The molecule has 1 aromatic carbocycles. The minimum atomic E-state index is 0.0750. The molecule has 0 saturated heterocycles. The number of likely N-dealkylation sites (N-methyl/N-ethyl adjacent to an activating group) is 1. The zero-order valence-corrected chi connectivity index (χ0v) is 15.6. The van der Waals surface area contributed by atoms with Crippen molar-refractivity contribution in [3.05, 3.63) is 29.8 Å². The van der Waals surface area contributed by atoms with Crippen LogP contribution in [0.1, 0.15) is 37.7 Å². The third-order valence-electron chi connectivity index (χ3n) is 4.53. The molecule has 0 aliphatic carbocycles. The molecule has 0 bridgehead atoms. The number of nitrogens with zero attached hydrogens (tertiary/aromatic N) is 2. The normalized spacial score (nSPS) is 17.2. The van der Waals surface area contributed by atoms with E-state index in [-0.39, 0.29) is 11.8 Å². The second-order valence-electron chi connectivity index (χ2n) is 6.57. The Balaban J connectivity index is 1.80. The number of benzene rings is 1. The van der Waals surface area contributed by atoms with Gasteiger partial charge in [-0.15, -0.1) is 0 Å². The highest BCUT2D eigenvalue weighted by molar-refractivity contribution is 5.94. The summed E-state index contributed by atoms with van der Waals surface area (Å²) in [6.07, 6.45) is 2.95. The summed E-state index contributed by atoms with van der Waals surface area (Å²) in [5.41, 5.74) is 2.11. The molecule has 25 heavy (non-hydrogen) atoms. The van der Waals surface area contributed by atoms with E-state index in [0.717, 1.165) is 31.3 Å². The van der Waals surface area contributed by atoms with Crippen molar-refractivity contribution in [1.82, 2.24) is 15.5 Å². The van der Waals surface area contributed by atoms with Crippen LogP contribution in [0.5, 0.6) is 0 Å². The number of aliphatic imine (C=N–C) groups is 1. The summed E-state index contributed by atoms with van der Waals surface area (Å²) < 4.78 is 0. The lowest BCUT2D eigenvalue weighted by molar-refractivity contribution is -0.116. The van der Waals surface area contributed by atoms with Crippen LogP contribution in [0.3, 0.4) is 0 Å². The Hall–Kier alpha value is -2.08. The van der Waals surface area contributed by atoms with Gasteiger partial charge in [0.05, 0.1) is 0 Å². The van der Waals surface area contributed by atoms with Gasteiger partial charge in [-0.3, -0.25) is 9.79 Å². The molecule has 138 valence electrons. The first kappa shape index (κ1) is 19.2. The maximum atomic E-state index is 11.9. The zero-order chi connectivity index (χ0) is 18.1. The maximum Gasteiger partial charge on any atom is 0.225 e. The molecule has 1 aromatic rings. The quantitative estimate of drug-likeness (QED) is 0.498. The van der Waals surface area contributed by atoms with Crippen LogP contribution in [0.4, 0.5) is 5.69 Å². The number of carbonyl (C=O) groups is 1. The molecule has 6 nitrogen and oxygen atoms in total. The van der Waals surface area contributed by atoms with Crippen LogP contribution in [0.15, 0.2) is 29.3 Å². The molecular weight excluding hydrogens is 314 g/mol. The first-order valence-corrected chi connectivity index (χ1v) is 9.15. The minimum absolute atomic E-state index is 0.0750. The number of fused-ring (bicyclic) bond motifs is 1. The number of nitrogens with one attached hydrogen (secondary N) is 3. The van der Waals surface area contributed by atoms with E-state index in [2.05, 4.69) is 45.9 Å². The van der Waals surface area contributed by atoms with Crippen molar-refractivity contribution in [1.29, 1.82) is 0 Å². The largest absolute Gasteiger partial charge is 0.356 e. The molecule has 2 rings (SSSR count). The number of amides is 1. The molecule has 1 atom stereocenters. The van der Waals surface area contributed by atoms with Gasteiger partial charge in [-0.2, -0.15) is 0 Å². The molecular formula is C19H31N5O. The van der Waals surface area contributed by atoms with E-state index < -0.39 is 0 Å². The van der Waals surface area contributed by atoms with Crippen LogP contribution in [0.25, 0.3) is 0 Å². The Bertz CT molecular complexity index is 587. The number of anilines is 1. The number of unbranched alkanes of at least 4 members (excludes halogenated alkanes) is 1. The Kier molecular flexibility index (Phi) is 7.73. The second kappa shape index (κ2) is 10.0. The Morgan fingerprint density at radius 3 is 2.88 bits per heavy atom. The van der Waals surface area contributed by atoms with Crippen molar-refractivity contribution in [2.75, 3.05) is 45.6 Å². The van der Waals surface area contributed by atoms with Crippen LogP contribution in [0, 0.1) is 0 Å². The molecule has 0 fully saturated rings. The number of hydrogen-bond donors (Lipinski definition) is 3. The van der Waals surface area contributed by atoms with E-state index in [1.807, 2.05) is 18.2 Å². The van der Waals surface area contributed by atoms with Gasteiger partial charge < -0.3 is 20.9 Å². The Morgan fingerprint density at radius 1 is 1.32 bits per heavy atom. The van der Waals surface area contributed by atoms with Gasteiger partial charge in [-0.05, 0) is 31.6 Å². The summed E-state index contributed by atoms with van der Waals surface area (Å²) in [7, 11) is 3.92. The SMILES string of the molecule is CCCCN(C)CCNC(=NC)NCC1CC(=O)Nc2ccccc21. The average molecular weight is 345 g/mol. The first-order chi connectivity index (χ1) is 12.1. The predicted molar refractivity (Wildman–Crippen MR) is 104 cm³/mol. The fourth-order valence-electron chi connectivity index (χ4n) is 3.03. The van der Waals surface area contributed by atoms with E-state index in [9.17, 15) is 4.79 Å². The third kappa shape index (κ3) is 6.05. The number of guanidine groups is 1. The molecule has 0 spiro atoms. The van der Waals surface area contributed by atoms with Crippen molar-refractivity contribution < 1.29 is 4.79 Å². The summed E-state index contributed by atoms with van der Waals surface area (Å²) in [6.45, 7) is 5.85. The summed E-state index contributed by atoms with van der Waals surface area (Å²) in [4.78, 5) is 18.5. The predicted octanol–water partition coefficient (Wildman–Crippen LogP) is 2.01. The third-order valence-corrected chi connectivity index (χ3v) is 4.53. The maximum absolute atomic E-state index is 11.9. The highest BCUT2D eigenvalue weighted by atomic mass is 16.1. The van der Waals surface area contributed by atoms with E-state index in [4.69, 9.17) is 0 Å². The fraction of sp³-hybridized carbons (Fsp3) is 0.579. The van der Waals surface area contributed by atoms with Crippen LogP contribution >= 0.6 is 0 Å². The van der Waals surface area contributed by atoms with Crippen molar-refractivity contribution in [2.24, 2.45) is 4.99 Å². The molecule has 1 heterocycles. The van der Waals surface area contributed by atoms with Gasteiger partial charge in [0.25, 0.3) is 0 Å². The number of rotatable bonds is 8. The van der Waals surface area contributed by atoms with Crippen molar-refractivity contribution >= 4 is 17.6 Å². The second-order valence-corrected chi connectivity index (χ2v) is 6.57. The van der Waals surface area contributed by atoms with Gasteiger partial charge in [0.15, 0.2) is 5.96 Å². The summed E-state index contributed by atoms with van der Waals surface area (Å²) >= 11 is 0. The molecule has 3 N–H and O–H groups in total. The van der Waals surface area contributed by atoms with Crippen LogP contribution in [0.2, 0.25) is 0 Å². The smallest absolute Gasteiger partial charge is 0.225 e.